The second-order valence-electron chi connectivity index (χ2n) is 4.98. The molecule has 3 rings (SSSR count). The number of ether oxygens (including phenoxy) is 1. The van der Waals surface area contributed by atoms with E-state index in [0.717, 1.165) is 0 Å². The SMILES string of the molecule is Cc1[nH]nc2c1[C@@H](c1c(F)c(F)c(F)c(F)c1F)C(C#N)=C(N)O2. The summed E-state index contributed by atoms with van der Waals surface area (Å²) >= 11 is 0. The minimum absolute atomic E-state index is 0.0380. The summed E-state index contributed by atoms with van der Waals surface area (Å²) in [5, 5.41) is 15.4. The number of aryl methyl sites for hydroxylation is 1. The van der Waals surface area contributed by atoms with Crippen LogP contribution < -0.4 is 10.5 Å². The quantitative estimate of drug-likeness (QED) is 0.474. The van der Waals surface area contributed by atoms with Crippen LogP contribution in [-0.2, 0) is 0 Å². The number of nitrogens with zero attached hydrogens (tertiary/aromatic N) is 2. The van der Waals surface area contributed by atoms with E-state index in [9.17, 15) is 27.2 Å². The fraction of sp³-hybridized carbons (Fsp3) is 0.143. The lowest BCUT2D eigenvalue weighted by molar-refractivity contribution is 0.357. The Morgan fingerprint density at radius 3 is 2.12 bits per heavy atom. The van der Waals surface area contributed by atoms with Crippen molar-refractivity contribution >= 4 is 0 Å². The molecular weight excluding hydrogens is 335 g/mol. The first-order valence-electron chi connectivity index (χ1n) is 6.43. The van der Waals surface area contributed by atoms with Crippen LogP contribution in [0.5, 0.6) is 5.88 Å². The minimum atomic E-state index is -2.29. The number of nitriles is 1. The zero-order valence-electron chi connectivity index (χ0n) is 11.8. The summed E-state index contributed by atoms with van der Waals surface area (Å²) < 4.78 is 73.8. The van der Waals surface area contributed by atoms with Gasteiger partial charge in [0, 0.05) is 16.8 Å². The van der Waals surface area contributed by atoms with Crippen LogP contribution in [0.25, 0.3) is 0 Å². The van der Waals surface area contributed by atoms with Crippen LogP contribution in [0, 0.1) is 47.3 Å². The summed E-state index contributed by atoms with van der Waals surface area (Å²) in [6.45, 7) is 1.44. The highest BCUT2D eigenvalue weighted by atomic mass is 19.2. The molecular formula is C14H7F5N4O. The van der Waals surface area contributed by atoms with Gasteiger partial charge in [0.25, 0.3) is 0 Å². The third-order valence-corrected chi connectivity index (χ3v) is 3.66. The summed E-state index contributed by atoms with van der Waals surface area (Å²) in [4.78, 5) is 0. The Morgan fingerprint density at radius 2 is 1.58 bits per heavy atom. The van der Waals surface area contributed by atoms with E-state index in [2.05, 4.69) is 10.2 Å². The number of nitrogens with one attached hydrogen (secondary N) is 1. The Kier molecular flexibility index (Phi) is 3.44. The number of nitrogens with two attached hydrogens (primary N) is 1. The molecule has 1 atom stereocenters. The number of halogens is 5. The average molecular weight is 342 g/mol. The molecule has 0 aliphatic carbocycles. The molecule has 5 nitrogen and oxygen atoms in total. The normalized spacial score (nSPS) is 16.6. The van der Waals surface area contributed by atoms with Crippen LogP contribution in [-0.4, -0.2) is 10.2 Å². The summed E-state index contributed by atoms with van der Waals surface area (Å²) in [6, 6.07) is 1.58. The van der Waals surface area contributed by atoms with Crippen molar-refractivity contribution in [1.82, 2.24) is 10.2 Å². The third kappa shape index (κ3) is 1.94. The number of H-pyrrole nitrogens is 1. The number of hydrogen-bond acceptors (Lipinski definition) is 4. The minimum Gasteiger partial charge on any atom is -0.420 e. The van der Waals surface area contributed by atoms with E-state index in [1.54, 1.807) is 6.07 Å². The van der Waals surface area contributed by atoms with Crippen molar-refractivity contribution in [3.8, 4) is 11.9 Å². The Labute approximate surface area is 131 Å². The summed E-state index contributed by atoms with van der Waals surface area (Å²) in [6.07, 6.45) is 0. The molecule has 10 heteroatoms. The molecule has 24 heavy (non-hydrogen) atoms. The lowest BCUT2D eigenvalue weighted by atomic mass is 9.83. The van der Waals surface area contributed by atoms with Gasteiger partial charge in [-0.15, -0.1) is 5.10 Å². The van der Waals surface area contributed by atoms with Gasteiger partial charge in [-0.2, -0.15) is 5.26 Å². The van der Waals surface area contributed by atoms with E-state index in [4.69, 9.17) is 10.5 Å². The summed E-state index contributed by atoms with van der Waals surface area (Å²) in [5.41, 5.74) is 4.02. The molecule has 0 radical (unpaired) electrons. The second kappa shape index (κ2) is 5.23. The first-order chi connectivity index (χ1) is 11.3. The van der Waals surface area contributed by atoms with Crippen molar-refractivity contribution in [2.24, 2.45) is 5.73 Å². The molecule has 0 amide bonds. The molecule has 0 spiro atoms. The molecule has 0 saturated heterocycles. The number of allylic oxidation sites excluding steroid dienone is 1. The lowest BCUT2D eigenvalue weighted by Crippen LogP contribution is -2.23. The van der Waals surface area contributed by atoms with Gasteiger partial charge in [-0.05, 0) is 6.92 Å². The Morgan fingerprint density at radius 1 is 1.04 bits per heavy atom. The van der Waals surface area contributed by atoms with E-state index in [-0.39, 0.29) is 17.1 Å². The largest absolute Gasteiger partial charge is 0.420 e. The maximum absolute atomic E-state index is 14.2. The van der Waals surface area contributed by atoms with Crippen molar-refractivity contribution < 1.29 is 26.7 Å². The van der Waals surface area contributed by atoms with Gasteiger partial charge < -0.3 is 10.5 Å². The maximum Gasteiger partial charge on any atom is 0.244 e. The molecule has 0 fully saturated rings. The number of benzene rings is 1. The molecule has 1 aromatic carbocycles. The number of fused-ring (bicyclic) bond motifs is 1. The van der Waals surface area contributed by atoms with Crippen LogP contribution in [0.1, 0.15) is 22.7 Å². The predicted octanol–water partition coefficient (Wildman–Crippen LogP) is 2.63. The van der Waals surface area contributed by atoms with Crippen molar-refractivity contribution in [3.05, 3.63) is 57.4 Å². The van der Waals surface area contributed by atoms with Gasteiger partial charge in [0.2, 0.25) is 17.6 Å². The topological polar surface area (TPSA) is 87.7 Å². The van der Waals surface area contributed by atoms with Gasteiger partial charge in [0.1, 0.15) is 11.6 Å². The van der Waals surface area contributed by atoms with Gasteiger partial charge in [0.15, 0.2) is 23.3 Å². The zero-order chi connectivity index (χ0) is 17.8. The van der Waals surface area contributed by atoms with E-state index < -0.39 is 52.0 Å². The van der Waals surface area contributed by atoms with E-state index >= 15 is 0 Å². The van der Waals surface area contributed by atoms with Crippen LogP contribution in [0.3, 0.4) is 0 Å². The Hall–Kier alpha value is -3.09. The highest BCUT2D eigenvalue weighted by Gasteiger charge is 2.40. The molecule has 0 unspecified atom stereocenters. The van der Waals surface area contributed by atoms with Gasteiger partial charge in [-0.1, -0.05) is 0 Å². The first kappa shape index (κ1) is 15.8. The summed E-state index contributed by atoms with van der Waals surface area (Å²) in [7, 11) is 0. The summed E-state index contributed by atoms with van der Waals surface area (Å²) in [5.74, 6) is -13.0. The highest BCUT2D eigenvalue weighted by Crippen LogP contribution is 2.45. The fourth-order valence-corrected chi connectivity index (χ4v) is 2.56. The predicted molar refractivity (Wildman–Crippen MR) is 68.9 cm³/mol. The average Bonchev–Trinajstić information content (AvgIpc) is 2.91. The molecule has 1 aliphatic heterocycles. The highest BCUT2D eigenvalue weighted by molar-refractivity contribution is 5.55. The van der Waals surface area contributed by atoms with Crippen LogP contribution in [0.2, 0.25) is 0 Å². The van der Waals surface area contributed by atoms with Crippen molar-refractivity contribution in [1.29, 1.82) is 5.26 Å². The van der Waals surface area contributed by atoms with Crippen molar-refractivity contribution in [3.63, 3.8) is 0 Å². The fourth-order valence-electron chi connectivity index (χ4n) is 2.56. The Balaban J connectivity index is 2.41. The number of aromatic nitrogens is 2. The Bertz CT molecular complexity index is 915. The monoisotopic (exact) mass is 342 g/mol. The van der Waals surface area contributed by atoms with Crippen LogP contribution in [0.15, 0.2) is 11.5 Å². The number of aromatic amines is 1. The van der Waals surface area contributed by atoms with E-state index in [1.807, 2.05) is 0 Å². The molecule has 0 bridgehead atoms. The zero-order valence-corrected chi connectivity index (χ0v) is 11.8. The van der Waals surface area contributed by atoms with Gasteiger partial charge >= 0.3 is 0 Å². The molecule has 1 aliphatic rings. The van der Waals surface area contributed by atoms with Crippen LogP contribution in [0.4, 0.5) is 22.0 Å². The first-order valence-corrected chi connectivity index (χ1v) is 6.43. The third-order valence-electron chi connectivity index (χ3n) is 3.66. The molecule has 1 aromatic heterocycles. The molecule has 0 saturated carbocycles. The lowest BCUT2D eigenvalue weighted by Gasteiger charge is -2.24. The number of rotatable bonds is 1. The van der Waals surface area contributed by atoms with E-state index in [0.29, 0.717) is 0 Å². The van der Waals surface area contributed by atoms with Crippen molar-refractivity contribution in [2.75, 3.05) is 0 Å². The van der Waals surface area contributed by atoms with Crippen molar-refractivity contribution in [2.45, 2.75) is 12.8 Å². The second-order valence-corrected chi connectivity index (χ2v) is 4.98. The number of hydrogen-bond donors (Lipinski definition) is 2. The molecule has 2 heterocycles. The molecule has 124 valence electrons. The standard InChI is InChI=1S/C14H7F5N4O/c1-3-5-6(4(2-20)13(21)24-14(5)23-22-3)7-8(15)10(17)12(19)11(18)9(7)16/h6H,21H2,1H3,(H,22,23)/t6-/m0/s1. The maximum atomic E-state index is 14.2. The van der Waals surface area contributed by atoms with Gasteiger partial charge in [0.05, 0.1) is 5.92 Å². The smallest absolute Gasteiger partial charge is 0.244 e. The van der Waals surface area contributed by atoms with Gasteiger partial charge in [-0.25, -0.2) is 22.0 Å². The van der Waals surface area contributed by atoms with Gasteiger partial charge in [-0.3, -0.25) is 5.10 Å². The van der Waals surface area contributed by atoms with E-state index in [1.165, 1.54) is 6.92 Å². The molecule has 3 N–H and O–H groups in total. The van der Waals surface area contributed by atoms with Crippen LogP contribution >= 0.6 is 0 Å². The molecule has 2 aromatic rings.